The van der Waals surface area contributed by atoms with Crippen molar-refractivity contribution in [3.63, 3.8) is 0 Å². The van der Waals surface area contributed by atoms with Gasteiger partial charge in [-0.15, -0.1) is 46.2 Å². The van der Waals surface area contributed by atoms with Gasteiger partial charge in [-0.3, -0.25) is 6.08 Å². The zero-order valence-electron chi connectivity index (χ0n) is 36.6. The second kappa shape index (κ2) is 21.8. The number of hydrogen-bond acceptors (Lipinski definition) is 0. The molecule has 1 aliphatic carbocycles. The van der Waals surface area contributed by atoms with Crippen LogP contribution in [-0.4, -0.2) is 19.4 Å². The molecule has 0 bridgehead atoms. The van der Waals surface area contributed by atoms with Crippen molar-refractivity contribution < 1.29 is 49.0 Å². The van der Waals surface area contributed by atoms with E-state index in [9.17, 15) is 0 Å². The van der Waals surface area contributed by atoms with E-state index >= 15 is 0 Å². The molecule has 5 heteroatoms. The summed E-state index contributed by atoms with van der Waals surface area (Å²) >= 11 is 1.50. The molecule has 0 radical (unpaired) electrons. The first-order chi connectivity index (χ1) is 25.6. The van der Waals surface area contributed by atoms with Gasteiger partial charge in [0.1, 0.15) is 0 Å². The molecule has 0 N–H and O–H groups in total. The number of fused-ring (bicyclic) bond motifs is 3. The van der Waals surface area contributed by atoms with Gasteiger partial charge in [-0.25, -0.2) is 12.2 Å². The van der Waals surface area contributed by atoms with Crippen LogP contribution in [0.2, 0.25) is 36.3 Å². The summed E-state index contributed by atoms with van der Waals surface area (Å²) in [6.45, 7) is 28.0. The van der Waals surface area contributed by atoms with Gasteiger partial charge in [-0.1, -0.05) is 76.9 Å². The van der Waals surface area contributed by atoms with Crippen molar-refractivity contribution in [3.8, 4) is 0 Å². The maximum absolute atomic E-state index is 2.99. The molecule has 0 atom stereocenters. The quantitative estimate of drug-likeness (QED) is 0.0991. The average molecular weight is 899 g/mol. The van der Waals surface area contributed by atoms with Gasteiger partial charge in [0.25, 0.3) is 0 Å². The Morgan fingerprint density at radius 1 is 0.571 bits per heavy atom. The van der Waals surface area contributed by atoms with Crippen LogP contribution in [0.3, 0.4) is 0 Å². The zero-order chi connectivity index (χ0) is 39.7. The molecule has 0 amide bonds. The van der Waals surface area contributed by atoms with Crippen molar-refractivity contribution in [2.45, 2.75) is 137 Å². The molecule has 300 valence electrons. The Morgan fingerprint density at radius 2 is 0.929 bits per heavy atom. The monoisotopic (exact) mass is 896 g/mol. The first-order valence-electron chi connectivity index (χ1n) is 20.8. The summed E-state index contributed by atoms with van der Waals surface area (Å²) < 4.78 is 1.49. The van der Waals surface area contributed by atoms with Crippen LogP contribution in [0.15, 0.2) is 109 Å². The van der Waals surface area contributed by atoms with Crippen molar-refractivity contribution in [2.24, 2.45) is 0 Å². The molecule has 6 rings (SSSR count). The Morgan fingerprint density at radius 3 is 1.18 bits per heavy atom. The first-order valence-corrected chi connectivity index (χ1v) is 27.2. The standard InChI is InChI=1S/C25H38Si2.C21H25.C5H5.2ClH.Zr/c1-7-26(8-2,9-3)24-17-13-22(14-18-24)21-23-15-19-25(20-16-23)27(10-4,11-5)12-6;1-20(2,3)16-7-9-18-14(12-16)11-15-13-17(21(4,5)6)8-10-19(15)18;1-2-4-5-3-1;;;/h13-20H,7-12H2,1-6H3;7-13H,1-6H3;1-3H,4H2;2*1H;/q;2*-1;;;+2/p-2. The summed E-state index contributed by atoms with van der Waals surface area (Å²) in [4.78, 5) is 0. The van der Waals surface area contributed by atoms with E-state index in [1.165, 1.54) is 108 Å². The Labute approximate surface area is 371 Å². The van der Waals surface area contributed by atoms with Crippen LogP contribution >= 0.6 is 0 Å². The van der Waals surface area contributed by atoms with Crippen molar-refractivity contribution in [1.29, 1.82) is 0 Å². The summed E-state index contributed by atoms with van der Waals surface area (Å²) in [5, 5.41) is 8.77. The fourth-order valence-electron chi connectivity index (χ4n) is 8.17. The van der Waals surface area contributed by atoms with E-state index in [1.54, 1.807) is 10.4 Å². The van der Waals surface area contributed by atoms with Crippen molar-refractivity contribution in [1.82, 2.24) is 0 Å². The molecular weight excluding hydrogens is 831 g/mol. The van der Waals surface area contributed by atoms with Crippen LogP contribution in [0.25, 0.3) is 21.5 Å². The Hall–Kier alpha value is -2.00. The van der Waals surface area contributed by atoms with Gasteiger partial charge in [0, 0.05) is 0 Å². The molecule has 56 heavy (non-hydrogen) atoms. The maximum atomic E-state index is 2.99. The number of hydrogen-bond donors (Lipinski definition) is 0. The third-order valence-electron chi connectivity index (χ3n) is 12.7. The topological polar surface area (TPSA) is 0 Å². The van der Waals surface area contributed by atoms with Crippen LogP contribution in [0.5, 0.6) is 0 Å². The third kappa shape index (κ3) is 11.8. The first kappa shape index (κ1) is 50.1. The van der Waals surface area contributed by atoms with E-state index in [0.29, 0.717) is 0 Å². The molecular formula is C51H68Cl2Si2Zr-2. The second-order valence-corrected chi connectivity index (χ2v) is 29.2. The predicted octanol–water partition coefficient (Wildman–Crippen LogP) is 7.85. The third-order valence-corrected chi connectivity index (χ3v) is 25.3. The maximum Gasteiger partial charge on any atom is -0.109 e. The minimum absolute atomic E-state index is 0. The van der Waals surface area contributed by atoms with Gasteiger partial charge < -0.3 is 24.8 Å². The van der Waals surface area contributed by atoms with E-state index in [2.05, 4.69) is 186 Å². The summed E-state index contributed by atoms with van der Waals surface area (Å²) in [5.74, 6) is 0. The van der Waals surface area contributed by atoms with Crippen LogP contribution in [0, 0.1) is 6.08 Å². The zero-order valence-corrected chi connectivity index (χ0v) is 42.6. The number of halogens is 2. The molecule has 0 heterocycles. The van der Waals surface area contributed by atoms with E-state index in [1.807, 2.05) is 12.2 Å². The Balaban J connectivity index is 0.000000340. The van der Waals surface area contributed by atoms with Crippen LogP contribution < -0.4 is 35.2 Å². The van der Waals surface area contributed by atoms with E-state index in [0.717, 1.165) is 6.42 Å². The van der Waals surface area contributed by atoms with Gasteiger partial charge in [-0.05, 0) is 10.8 Å². The van der Waals surface area contributed by atoms with Crippen molar-refractivity contribution in [2.75, 3.05) is 0 Å². The number of rotatable bonds is 10. The van der Waals surface area contributed by atoms with Crippen molar-refractivity contribution >= 4 is 51.3 Å². The number of benzene rings is 4. The smallest absolute Gasteiger partial charge is 0.109 e. The molecule has 0 aromatic heterocycles. The molecule has 0 saturated heterocycles. The average Bonchev–Trinajstić information content (AvgIpc) is 3.88. The molecule has 5 aromatic rings. The largest absolute Gasteiger partial charge is 1.00 e. The van der Waals surface area contributed by atoms with Gasteiger partial charge in [0.05, 0.1) is 0 Å². The Kier molecular flexibility index (Phi) is 19.6. The van der Waals surface area contributed by atoms with Gasteiger partial charge in [0.15, 0.2) is 0 Å². The van der Waals surface area contributed by atoms with Crippen LogP contribution in [-0.2, 0) is 35.1 Å². The molecule has 0 spiro atoms. The van der Waals surface area contributed by atoms with Crippen LogP contribution in [0.4, 0.5) is 0 Å². The van der Waals surface area contributed by atoms with E-state index < -0.39 is 16.1 Å². The molecule has 0 unspecified atom stereocenters. The predicted molar refractivity (Wildman–Crippen MR) is 246 cm³/mol. The van der Waals surface area contributed by atoms with Gasteiger partial charge in [-0.2, -0.15) is 6.08 Å². The summed E-state index contributed by atoms with van der Waals surface area (Å²) in [6, 6.07) is 43.6. The molecule has 0 aliphatic heterocycles. The van der Waals surface area contributed by atoms with Crippen LogP contribution in [0.1, 0.15) is 112 Å². The summed E-state index contributed by atoms with van der Waals surface area (Å²) in [6.07, 6.45) is 10.0. The molecule has 0 nitrogen and oxygen atoms in total. The molecule has 0 fully saturated rings. The fourth-order valence-corrected chi connectivity index (χ4v) is 16.2. The summed E-state index contributed by atoms with van der Waals surface area (Å²) in [7, 11) is -2.54. The van der Waals surface area contributed by atoms with E-state index in [-0.39, 0.29) is 35.6 Å². The fraction of sp³-hybridized carbons (Fsp3) is 0.412. The van der Waals surface area contributed by atoms with Gasteiger partial charge >= 0.3 is 191 Å². The molecule has 5 aromatic carbocycles. The minimum atomic E-state index is -1.27. The summed E-state index contributed by atoms with van der Waals surface area (Å²) in [5.41, 5.74) is 6.03. The second-order valence-electron chi connectivity index (χ2n) is 17.5. The Bertz CT molecular complexity index is 1870. The van der Waals surface area contributed by atoms with Crippen molar-refractivity contribution in [3.05, 3.63) is 138 Å². The minimum Gasteiger partial charge on any atom is -1.00 e. The van der Waals surface area contributed by atoms with E-state index in [4.69, 9.17) is 0 Å². The van der Waals surface area contributed by atoms with Gasteiger partial charge in [0.2, 0.25) is 0 Å². The molecule has 0 saturated carbocycles. The normalized spacial score (nSPS) is 12.7. The molecule has 1 aliphatic rings. The number of allylic oxidation sites excluding steroid dienone is 4. The SMILES string of the molecule is CC(C)(C)c1ccc2c(c1)[cH-]c1cc(C(C)(C)C)ccc12.CC[Si](CC)(CC)c1ccc([C](=[Zr+2])c2ccc([Si](CC)(CC)CC)cc2)cc1.[C-]1=CC=CC1.[Cl-].[Cl-].